The number of fused-ring (bicyclic) bond motifs is 1. The van der Waals surface area contributed by atoms with Crippen molar-refractivity contribution in [1.29, 1.82) is 0 Å². The summed E-state index contributed by atoms with van der Waals surface area (Å²) in [7, 11) is 0. The van der Waals surface area contributed by atoms with Crippen LogP contribution in [0.15, 0.2) is 6.07 Å². The van der Waals surface area contributed by atoms with Crippen molar-refractivity contribution >= 4 is 29.1 Å². The summed E-state index contributed by atoms with van der Waals surface area (Å²) in [4.78, 5) is 39.8. The van der Waals surface area contributed by atoms with Gasteiger partial charge in [-0.3, -0.25) is 9.59 Å². The molecule has 0 aromatic carbocycles. The highest BCUT2D eigenvalue weighted by molar-refractivity contribution is 7.14. The molecule has 1 aromatic heterocycles. The van der Waals surface area contributed by atoms with Crippen LogP contribution >= 0.6 is 11.3 Å². The molecule has 1 unspecified atom stereocenters. The Morgan fingerprint density at radius 2 is 2.24 bits per heavy atom. The molecule has 2 aliphatic rings. The molecule has 2 fully saturated rings. The van der Waals surface area contributed by atoms with Crippen molar-refractivity contribution in [3.8, 4) is 0 Å². The van der Waals surface area contributed by atoms with Gasteiger partial charge in [-0.05, 0) is 31.4 Å². The molecule has 0 spiro atoms. The van der Waals surface area contributed by atoms with E-state index in [-0.39, 0.29) is 29.3 Å². The van der Waals surface area contributed by atoms with Gasteiger partial charge in [0.15, 0.2) is 0 Å². The molecular formula is C14H16N2O4S. The molecule has 112 valence electrons. The summed E-state index contributed by atoms with van der Waals surface area (Å²) in [6.07, 6.45) is 1.60. The van der Waals surface area contributed by atoms with Crippen molar-refractivity contribution in [2.45, 2.75) is 32.4 Å². The maximum Gasteiger partial charge on any atom is 0.345 e. The number of carbonyl (C=O) groups is 3. The fourth-order valence-electron chi connectivity index (χ4n) is 2.99. The molecule has 7 heteroatoms. The number of aromatic carboxylic acids is 1. The highest BCUT2D eigenvalue weighted by Crippen LogP contribution is 2.27. The third-order valence-electron chi connectivity index (χ3n) is 4.09. The number of hydrogen-bond acceptors (Lipinski definition) is 4. The van der Waals surface area contributed by atoms with E-state index in [9.17, 15) is 14.4 Å². The lowest BCUT2D eigenvalue weighted by Crippen LogP contribution is -2.56. The van der Waals surface area contributed by atoms with E-state index >= 15 is 0 Å². The number of carboxylic acids is 1. The minimum atomic E-state index is -0.961. The average molecular weight is 308 g/mol. The van der Waals surface area contributed by atoms with Gasteiger partial charge in [0.1, 0.15) is 17.5 Å². The maximum atomic E-state index is 12.4. The normalized spacial score (nSPS) is 21.9. The molecule has 1 N–H and O–H groups in total. The predicted octanol–water partition coefficient (Wildman–Crippen LogP) is 1.09. The molecule has 3 heterocycles. The van der Waals surface area contributed by atoms with Gasteiger partial charge in [-0.25, -0.2) is 4.79 Å². The van der Waals surface area contributed by atoms with E-state index in [1.165, 1.54) is 11.3 Å². The first-order chi connectivity index (χ1) is 9.97. The minimum Gasteiger partial charge on any atom is -0.477 e. The summed E-state index contributed by atoms with van der Waals surface area (Å²) in [5.41, 5.74) is 0.810. The standard InChI is InChI=1S/C14H16N2O4S/c1-8-9(5-11(21-8)14(19)20)6-15-7-12(17)16-4-2-3-10(16)13(15)18/h5,10H,2-4,6-7H2,1H3,(H,19,20). The summed E-state index contributed by atoms with van der Waals surface area (Å²) in [5, 5.41) is 9.01. The van der Waals surface area contributed by atoms with Gasteiger partial charge in [0.05, 0.1) is 0 Å². The number of carboxylic acid groups (broad SMARTS) is 1. The second-order valence-corrected chi connectivity index (χ2v) is 6.69. The van der Waals surface area contributed by atoms with Crippen molar-refractivity contribution in [2.75, 3.05) is 13.1 Å². The third-order valence-corrected chi connectivity index (χ3v) is 5.17. The van der Waals surface area contributed by atoms with Gasteiger partial charge in [0.25, 0.3) is 0 Å². The number of carbonyl (C=O) groups excluding carboxylic acids is 2. The van der Waals surface area contributed by atoms with Crippen LogP contribution in [0.1, 0.15) is 33.0 Å². The van der Waals surface area contributed by atoms with Gasteiger partial charge >= 0.3 is 5.97 Å². The van der Waals surface area contributed by atoms with Gasteiger partial charge < -0.3 is 14.9 Å². The molecule has 2 aliphatic heterocycles. The molecule has 1 atom stereocenters. The first kappa shape index (κ1) is 14.1. The van der Waals surface area contributed by atoms with Gasteiger partial charge in [0.2, 0.25) is 11.8 Å². The number of thiophene rings is 1. The highest BCUT2D eigenvalue weighted by Gasteiger charge is 2.41. The maximum absolute atomic E-state index is 12.4. The zero-order chi connectivity index (χ0) is 15.1. The van der Waals surface area contributed by atoms with Gasteiger partial charge in [-0.2, -0.15) is 0 Å². The van der Waals surface area contributed by atoms with E-state index < -0.39 is 5.97 Å². The number of hydrogen-bond donors (Lipinski definition) is 1. The van der Waals surface area contributed by atoms with Crippen molar-refractivity contribution < 1.29 is 19.5 Å². The van der Waals surface area contributed by atoms with E-state index in [1.807, 2.05) is 6.92 Å². The van der Waals surface area contributed by atoms with Crippen LogP contribution in [-0.4, -0.2) is 51.8 Å². The highest BCUT2D eigenvalue weighted by atomic mass is 32.1. The zero-order valence-corrected chi connectivity index (χ0v) is 12.5. The molecular weight excluding hydrogens is 292 g/mol. The molecule has 2 saturated heterocycles. The molecule has 2 amide bonds. The van der Waals surface area contributed by atoms with Crippen LogP contribution in [-0.2, 0) is 16.1 Å². The molecule has 21 heavy (non-hydrogen) atoms. The molecule has 0 radical (unpaired) electrons. The summed E-state index contributed by atoms with van der Waals surface area (Å²) in [6.45, 7) is 2.91. The number of amides is 2. The van der Waals surface area contributed by atoms with Crippen LogP contribution in [0.3, 0.4) is 0 Å². The van der Waals surface area contributed by atoms with Crippen LogP contribution in [0.25, 0.3) is 0 Å². The Morgan fingerprint density at radius 3 is 2.90 bits per heavy atom. The summed E-state index contributed by atoms with van der Waals surface area (Å²) < 4.78 is 0. The first-order valence-electron chi connectivity index (χ1n) is 6.88. The summed E-state index contributed by atoms with van der Waals surface area (Å²) in [6, 6.07) is 1.28. The molecule has 6 nitrogen and oxygen atoms in total. The molecule has 0 aliphatic carbocycles. The monoisotopic (exact) mass is 308 g/mol. The summed E-state index contributed by atoms with van der Waals surface area (Å²) in [5.74, 6) is -0.990. The van der Waals surface area contributed by atoms with Gasteiger partial charge in [-0.15, -0.1) is 11.3 Å². The number of rotatable bonds is 3. The Balaban J connectivity index is 1.80. The van der Waals surface area contributed by atoms with Crippen LogP contribution in [0.5, 0.6) is 0 Å². The van der Waals surface area contributed by atoms with Crippen LogP contribution in [0, 0.1) is 6.92 Å². The van der Waals surface area contributed by atoms with Crippen molar-refractivity contribution in [3.63, 3.8) is 0 Å². The Labute approximate surface area is 126 Å². The SMILES string of the molecule is Cc1sc(C(=O)O)cc1CN1CC(=O)N2CCCC2C1=O. The van der Waals surface area contributed by atoms with Crippen LogP contribution in [0.4, 0.5) is 0 Å². The number of piperazine rings is 1. The smallest absolute Gasteiger partial charge is 0.345 e. The topological polar surface area (TPSA) is 77.9 Å². The van der Waals surface area contributed by atoms with Crippen molar-refractivity contribution in [2.24, 2.45) is 0 Å². The van der Waals surface area contributed by atoms with Crippen molar-refractivity contribution in [3.05, 3.63) is 21.4 Å². The fraction of sp³-hybridized carbons (Fsp3) is 0.500. The lowest BCUT2D eigenvalue weighted by molar-refractivity contribution is -0.154. The van der Waals surface area contributed by atoms with Gasteiger partial charge in [-0.1, -0.05) is 0 Å². The second-order valence-electron chi connectivity index (χ2n) is 5.44. The lowest BCUT2D eigenvalue weighted by Gasteiger charge is -2.36. The first-order valence-corrected chi connectivity index (χ1v) is 7.70. The fourth-order valence-corrected chi connectivity index (χ4v) is 3.86. The van der Waals surface area contributed by atoms with E-state index in [2.05, 4.69) is 0 Å². The molecule has 1 aromatic rings. The molecule has 3 rings (SSSR count). The lowest BCUT2D eigenvalue weighted by atomic mass is 10.1. The van der Waals surface area contributed by atoms with E-state index in [0.717, 1.165) is 23.3 Å². The Hall–Kier alpha value is -1.89. The van der Waals surface area contributed by atoms with Crippen LogP contribution in [0.2, 0.25) is 0 Å². The van der Waals surface area contributed by atoms with Crippen molar-refractivity contribution in [1.82, 2.24) is 9.80 Å². The van der Waals surface area contributed by atoms with E-state index in [1.54, 1.807) is 15.9 Å². The second kappa shape index (κ2) is 5.14. The largest absolute Gasteiger partial charge is 0.477 e. The molecule has 0 saturated carbocycles. The summed E-state index contributed by atoms with van der Waals surface area (Å²) >= 11 is 1.20. The van der Waals surface area contributed by atoms with Gasteiger partial charge in [0, 0.05) is 18.0 Å². The quantitative estimate of drug-likeness (QED) is 0.906. The Bertz CT molecular complexity index is 624. The Kier molecular flexibility index (Phi) is 3.44. The van der Waals surface area contributed by atoms with E-state index in [4.69, 9.17) is 5.11 Å². The predicted molar refractivity (Wildman–Crippen MR) is 76.2 cm³/mol. The number of nitrogens with zero attached hydrogens (tertiary/aromatic N) is 2. The average Bonchev–Trinajstić information content (AvgIpc) is 3.03. The zero-order valence-electron chi connectivity index (χ0n) is 11.7. The Morgan fingerprint density at radius 1 is 1.48 bits per heavy atom. The van der Waals surface area contributed by atoms with Crippen LogP contribution < -0.4 is 0 Å². The number of aryl methyl sites for hydroxylation is 1. The van der Waals surface area contributed by atoms with E-state index in [0.29, 0.717) is 13.1 Å². The third kappa shape index (κ3) is 2.42. The molecule has 0 bridgehead atoms. The minimum absolute atomic E-state index is 0.0107.